The molecule has 2 rings (SSSR count). The second kappa shape index (κ2) is 5.55. The van der Waals surface area contributed by atoms with Gasteiger partial charge in [-0.3, -0.25) is 0 Å². The number of benzene rings is 1. The summed E-state index contributed by atoms with van der Waals surface area (Å²) < 4.78 is 1.16. The molecule has 3 heteroatoms. The van der Waals surface area contributed by atoms with E-state index in [0.717, 1.165) is 11.0 Å². The maximum atomic E-state index is 3.62. The van der Waals surface area contributed by atoms with E-state index in [-0.39, 0.29) is 5.41 Å². The van der Waals surface area contributed by atoms with Crippen molar-refractivity contribution >= 4 is 27.3 Å². The van der Waals surface area contributed by atoms with Crippen molar-refractivity contribution in [1.82, 2.24) is 5.32 Å². The molecule has 0 saturated heterocycles. The molecule has 0 aliphatic rings. The van der Waals surface area contributed by atoms with Crippen LogP contribution >= 0.6 is 27.3 Å². The van der Waals surface area contributed by atoms with Crippen LogP contribution in [0.3, 0.4) is 0 Å². The molecule has 18 heavy (non-hydrogen) atoms. The maximum absolute atomic E-state index is 3.62. The van der Waals surface area contributed by atoms with Gasteiger partial charge >= 0.3 is 0 Å². The first-order chi connectivity index (χ1) is 8.54. The van der Waals surface area contributed by atoms with Gasteiger partial charge in [-0.1, -0.05) is 48.0 Å². The number of thiophene rings is 1. The lowest BCUT2D eigenvalue weighted by Crippen LogP contribution is -2.29. The Morgan fingerprint density at radius 1 is 1.17 bits per heavy atom. The first-order valence-electron chi connectivity index (χ1n) is 6.04. The normalized spacial score (nSPS) is 11.8. The van der Waals surface area contributed by atoms with E-state index >= 15 is 0 Å². The van der Waals surface area contributed by atoms with Crippen molar-refractivity contribution in [3.63, 3.8) is 0 Å². The molecule has 0 radical (unpaired) electrons. The maximum Gasteiger partial charge on any atom is 0.0357 e. The summed E-state index contributed by atoms with van der Waals surface area (Å²) in [5, 5.41) is 3.26. The van der Waals surface area contributed by atoms with Gasteiger partial charge < -0.3 is 5.32 Å². The highest BCUT2D eigenvalue weighted by atomic mass is 79.9. The van der Waals surface area contributed by atoms with Crippen molar-refractivity contribution in [3.8, 4) is 10.4 Å². The summed E-state index contributed by atoms with van der Waals surface area (Å²) in [5.74, 6) is 0. The van der Waals surface area contributed by atoms with E-state index in [1.54, 1.807) is 0 Å². The Morgan fingerprint density at radius 2 is 1.89 bits per heavy atom. The zero-order chi connectivity index (χ0) is 13.2. The summed E-state index contributed by atoms with van der Waals surface area (Å²) in [4.78, 5) is 2.74. The average Bonchev–Trinajstić information content (AvgIpc) is 2.79. The van der Waals surface area contributed by atoms with E-state index in [1.807, 2.05) is 24.5 Å². The zero-order valence-electron chi connectivity index (χ0n) is 11.0. The summed E-state index contributed by atoms with van der Waals surface area (Å²) in [6, 6.07) is 12.8. The van der Waals surface area contributed by atoms with E-state index in [2.05, 4.69) is 65.4 Å². The van der Waals surface area contributed by atoms with Gasteiger partial charge in [0.05, 0.1) is 0 Å². The van der Waals surface area contributed by atoms with Gasteiger partial charge in [-0.05, 0) is 25.2 Å². The molecule has 1 nitrogen and oxygen atoms in total. The molecule has 0 unspecified atom stereocenters. The molecular weight excluding hydrogens is 306 g/mol. The van der Waals surface area contributed by atoms with E-state index in [0.29, 0.717) is 0 Å². The van der Waals surface area contributed by atoms with Crippen molar-refractivity contribution in [2.45, 2.75) is 19.3 Å². The SMILES string of the molecule is CNCC(C)(C)c1ccc(-c2ccccc2Br)s1. The van der Waals surface area contributed by atoms with Gasteiger partial charge in [0.25, 0.3) is 0 Å². The number of hydrogen-bond acceptors (Lipinski definition) is 2. The zero-order valence-corrected chi connectivity index (χ0v) is 13.4. The number of hydrogen-bond donors (Lipinski definition) is 1. The quantitative estimate of drug-likeness (QED) is 0.861. The van der Waals surface area contributed by atoms with Crippen LogP contribution in [0.4, 0.5) is 0 Å². The van der Waals surface area contributed by atoms with Gasteiger partial charge in [0, 0.05) is 31.8 Å². The van der Waals surface area contributed by atoms with Crippen molar-refractivity contribution < 1.29 is 0 Å². The van der Waals surface area contributed by atoms with E-state index in [1.165, 1.54) is 15.3 Å². The lowest BCUT2D eigenvalue weighted by molar-refractivity contribution is 0.503. The molecular formula is C15H18BrNS. The van der Waals surface area contributed by atoms with Gasteiger partial charge in [0.15, 0.2) is 0 Å². The molecule has 0 atom stereocenters. The highest BCUT2D eigenvalue weighted by Gasteiger charge is 2.22. The molecule has 0 amide bonds. The summed E-state index contributed by atoms with van der Waals surface area (Å²) in [6.45, 7) is 5.54. The predicted molar refractivity (Wildman–Crippen MR) is 84.4 cm³/mol. The van der Waals surface area contributed by atoms with Crippen molar-refractivity contribution in [3.05, 3.63) is 45.7 Å². The third-order valence-electron chi connectivity index (χ3n) is 3.03. The fraction of sp³-hybridized carbons (Fsp3) is 0.333. The topological polar surface area (TPSA) is 12.0 Å². The third-order valence-corrected chi connectivity index (χ3v) is 5.21. The molecule has 2 aromatic rings. The van der Waals surface area contributed by atoms with Crippen LogP contribution < -0.4 is 5.32 Å². The fourth-order valence-corrected chi connectivity index (χ4v) is 3.81. The molecule has 1 aromatic heterocycles. The van der Waals surface area contributed by atoms with Gasteiger partial charge in [-0.25, -0.2) is 0 Å². The fourth-order valence-electron chi connectivity index (χ4n) is 2.04. The Hall–Kier alpha value is -0.640. The van der Waals surface area contributed by atoms with Crippen LogP contribution in [-0.4, -0.2) is 13.6 Å². The summed E-state index contributed by atoms with van der Waals surface area (Å²) in [5.41, 5.74) is 1.45. The molecule has 0 saturated carbocycles. The highest BCUT2D eigenvalue weighted by Crippen LogP contribution is 2.37. The molecule has 1 N–H and O–H groups in total. The predicted octanol–water partition coefficient (Wildman–Crippen LogP) is 4.67. The molecule has 96 valence electrons. The Bertz CT molecular complexity index is 531. The summed E-state index contributed by atoms with van der Waals surface area (Å²) in [6.07, 6.45) is 0. The highest BCUT2D eigenvalue weighted by molar-refractivity contribution is 9.10. The largest absolute Gasteiger partial charge is 0.319 e. The van der Waals surface area contributed by atoms with Crippen LogP contribution in [0.15, 0.2) is 40.9 Å². The number of likely N-dealkylation sites (N-methyl/N-ethyl adjacent to an activating group) is 1. The lowest BCUT2D eigenvalue weighted by Gasteiger charge is -2.22. The number of halogens is 1. The first-order valence-corrected chi connectivity index (χ1v) is 7.65. The molecule has 0 aliphatic carbocycles. The minimum atomic E-state index is 0.179. The second-order valence-electron chi connectivity index (χ2n) is 5.06. The molecule has 0 bridgehead atoms. The third kappa shape index (κ3) is 2.85. The Labute approximate surface area is 121 Å². The Morgan fingerprint density at radius 3 is 2.56 bits per heavy atom. The van der Waals surface area contributed by atoms with Gasteiger partial charge in [0.2, 0.25) is 0 Å². The lowest BCUT2D eigenvalue weighted by atomic mass is 9.91. The first kappa shape index (κ1) is 13.8. The Kier molecular flexibility index (Phi) is 4.25. The van der Waals surface area contributed by atoms with Gasteiger partial charge in [-0.2, -0.15) is 0 Å². The van der Waals surface area contributed by atoms with Crippen molar-refractivity contribution in [1.29, 1.82) is 0 Å². The van der Waals surface area contributed by atoms with Gasteiger partial charge in [0.1, 0.15) is 0 Å². The van der Waals surface area contributed by atoms with Crippen LogP contribution in [0.5, 0.6) is 0 Å². The minimum absolute atomic E-state index is 0.179. The number of nitrogens with one attached hydrogen (secondary N) is 1. The van der Waals surface area contributed by atoms with Crippen LogP contribution in [0.25, 0.3) is 10.4 Å². The van der Waals surface area contributed by atoms with Crippen LogP contribution in [-0.2, 0) is 5.41 Å². The van der Waals surface area contributed by atoms with E-state index in [4.69, 9.17) is 0 Å². The Balaban J connectivity index is 2.34. The molecule has 0 spiro atoms. The van der Waals surface area contributed by atoms with Gasteiger partial charge in [-0.15, -0.1) is 11.3 Å². The van der Waals surface area contributed by atoms with E-state index < -0.39 is 0 Å². The monoisotopic (exact) mass is 323 g/mol. The molecule has 0 fully saturated rings. The van der Waals surface area contributed by atoms with Crippen molar-refractivity contribution in [2.24, 2.45) is 0 Å². The average molecular weight is 324 g/mol. The molecule has 1 aromatic carbocycles. The summed E-state index contributed by atoms with van der Waals surface area (Å²) in [7, 11) is 2.00. The molecule has 1 heterocycles. The summed E-state index contributed by atoms with van der Waals surface area (Å²) >= 11 is 5.49. The number of rotatable bonds is 4. The van der Waals surface area contributed by atoms with Crippen LogP contribution in [0.1, 0.15) is 18.7 Å². The van der Waals surface area contributed by atoms with E-state index in [9.17, 15) is 0 Å². The minimum Gasteiger partial charge on any atom is -0.319 e. The van der Waals surface area contributed by atoms with Crippen LogP contribution in [0, 0.1) is 0 Å². The second-order valence-corrected chi connectivity index (χ2v) is 7.00. The van der Waals surface area contributed by atoms with Crippen molar-refractivity contribution in [2.75, 3.05) is 13.6 Å². The smallest absolute Gasteiger partial charge is 0.0357 e. The molecule has 0 aliphatic heterocycles. The van der Waals surface area contributed by atoms with Crippen LogP contribution in [0.2, 0.25) is 0 Å². The standard InChI is InChI=1S/C15H18BrNS/c1-15(2,10-17-3)14-9-8-13(18-14)11-6-4-5-7-12(11)16/h4-9,17H,10H2,1-3H3.